The Balaban J connectivity index is 1.51. The lowest BCUT2D eigenvalue weighted by atomic mass is 10.0. The van der Waals surface area contributed by atoms with Gasteiger partial charge in [-0.05, 0) is 37.6 Å². The smallest absolute Gasteiger partial charge is 0.143 e. The van der Waals surface area contributed by atoms with Gasteiger partial charge in [0.15, 0.2) is 0 Å². The van der Waals surface area contributed by atoms with Crippen molar-refractivity contribution < 1.29 is 4.42 Å². The Bertz CT molecular complexity index is 1210. The van der Waals surface area contributed by atoms with Crippen molar-refractivity contribution in [3.05, 3.63) is 42.9 Å². The molecule has 30 heavy (non-hydrogen) atoms. The molecule has 3 aromatic heterocycles. The Labute approximate surface area is 174 Å². The van der Waals surface area contributed by atoms with Crippen LogP contribution < -0.4 is 4.90 Å². The van der Waals surface area contributed by atoms with Gasteiger partial charge in [0.25, 0.3) is 0 Å². The topological polar surface area (TPSA) is 85.0 Å². The van der Waals surface area contributed by atoms with Gasteiger partial charge >= 0.3 is 0 Å². The summed E-state index contributed by atoms with van der Waals surface area (Å²) < 4.78 is 5.55. The maximum absolute atomic E-state index is 8.91. The van der Waals surface area contributed by atoms with Crippen molar-refractivity contribution in [2.24, 2.45) is 0 Å². The van der Waals surface area contributed by atoms with Crippen molar-refractivity contribution in [2.45, 2.75) is 25.3 Å². The lowest BCUT2D eigenvalue weighted by Crippen LogP contribution is -2.47. The highest BCUT2D eigenvalue weighted by Crippen LogP contribution is 2.34. The van der Waals surface area contributed by atoms with E-state index in [0.717, 1.165) is 71.6 Å². The van der Waals surface area contributed by atoms with Crippen LogP contribution in [-0.2, 0) is 0 Å². The molecule has 1 aliphatic rings. The molecule has 4 heterocycles. The van der Waals surface area contributed by atoms with Crippen LogP contribution in [0.25, 0.3) is 33.3 Å². The zero-order chi connectivity index (χ0) is 20.5. The number of hydrogen-bond acceptors (Lipinski definition) is 6. The third-order valence-electron chi connectivity index (χ3n) is 6.08. The van der Waals surface area contributed by atoms with Gasteiger partial charge in [0, 0.05) is 49.1 Å². The number of nitrogens with zero attached hydrogens (tertiary/aromatic N) is 5. The Hall–Kier alpha value is -3.37. The van der Waals surface area contributed by atoms with E-state index in [1.807, 2.05) is 12.1 Å². The molecular formula is C23H24N6O. The number of hydrogen-bond donors (Lipinski definition) is 1. The molecule has 1 saturated heterocycles. The summed E-state index contributed by atoms with van der Waals surface area (Å²) in [5, 5.41) is 11.1. The van der Waals surface area contributed by atoms with Crippen LogP contribution in [0.4, 0.5) is 5.82 Å². The van der Waals surface area contributed by atoms with Crippen LogP contribution >= 0.6 is 0 Å². The molecule has 0 spiro atoms. The number of anilines is 1. The number of rotatable bonds is 5. The van der Waals surface area contributed by atoms with Crippen LogP contribution in [0.1, 0.15) is 19.3 Å². The minimum absolute atomic E-state index is 0.364. The molecule has 1 aliphatic heterocycles. The van der Waals surface area contributed by atoms with Gasteiger partial charge in [-0.3, -0.25) is 0 Å². The number of H-pyrrole nitrogens is 1. The van der Waals surface area contributed by atoms with Gasteiger partial charge in [0.05, 0.1) is 17.7 Å². The zero-order valence-electron chi connectivity index (χ0n) is 17.0. The van der Waals surface area contributed by atoms with Crippen LogP contribution in [0.15, 0.2) is 47.3 Å². The number of aromatic nitrogens is 3. The van der Waals surface area contributed by atoms with Crippen LogP contribution in [-0.4, -0.2) is 52.6 Å². The molecule has 1 aromatic carbocycles. The standard InChI is InChI=1S/C23H24N6O/c1-28(17-5-2-10-29(14-17)11-4-9-24)23-21-18-8-7-16(20-6-3-12-30-20)13-19(18)27-22(21)25-15-26-23/h3,6-8,12-13,15,17H,2,4-5,10-11,14H2,1H3,(H,25,26,27). The summed E-state index contributed by atoms with van der Waals surface area (Å²) in [7, 11) is 2.12. The van der Waals surface area contributed by atoms with Crippen molar-refractivity contribution in [1.82, 2.24) is 19.9 Å². The first kappa shape index (κ1) is 18.6. The van der Waals surface area contributed by atoms with E-state index < -0.39 is 0 Å². The van der Waals surface area contributed by atoms with Gasteiger partial charge in [-0.25, -0.2) is 9.97 Å². The summed E-state index contributed by atoms with van der Waals surface area (Å²) in [6.07, 6.45) is 6.15. The highest BCUT2D eigenvalue weighted by Gasteiger charge is 2.26. The first-order valence-electron chi connectivity index (χ1n) is 10.4. The lowest BCUT2D eigenvalue weighted by Gasteiger charge is -2.38. The molecule has 0 bridgehead atoms. The average molecular weight is 400 g/mol. The quantitative estimate of drug-likeness (QED) is 0.541. The fraction of sp³-hybridized carbons (Fsp3) is 0.348. The SMILES string of the molecule is CN(c1ncnc2[nH]c3cc(-c4ccco4)ccc3c12)C1CCCN(CCC#N)C1. The van der Waals surface area contributed by atoms with Gasteiger partial charge in [0.1, 0.15) is 23.6 Å². The number of nitrogens with one attached hydrogen (secondary N) is 1. The van der Waals surface area contributed by atoms with E-state index in [-0.39, 0.29) is 0 Å². The summed E-state index contributed by atoms with van der Waals surface area (Å²) in [4.78, 5) is 17.3. The van der Waals surface area contributed by atoms with E-state index in [4.69, 9.17) is 9.68 Å². The van der Waals surface area contributed by atoms with E-state index >= 15 is 0 Å². The van der Waals surface area contributed by atoms with Crippen LogP contribution in [0.2, 0.25) is 0 Å². The van der Waals surface area contributed by atoms with Gasteiger partial charge < -0.3 is 19.2 Å². The van der Waals surface area contributed by atoms with Crippen molar-refractivity contribution in [2.75, 3.05) is 31.6 Å². The first-order valence-corrected chi connectivity index (χ1v) is 10.4. The Kier molecular flexibility index (Phi) is 4.85. The number of aromatic amines is 1. The van der Waals surface area contributed by atoms with E-state index in [1.54, 1.807) is 12.6 Å². The molecule has 1 atom stereocenters. The maximum Gasteiger partial charge on any atom is 0.143 e. The van der Waals surface area contributed by atoms with Gasteiger partial charge in [-0.2, -0.15) is 5.26 Å². The Morgan fingerprint density at radius 2 is 2.27 bits per heavy atom. The second-order valence-electron chi connectivity index (χ2n) is 7.90. The summed E-state index contributed by atoms with van der Waals surface area (Å²) >= 11 is 0. The summed E-state index contributed by atoms with van der Waals surface area (Å²) in [5.41, 5.74) is 2.89. The van der Waals surface area contributed by atoms with Gasteiger partial charge in [-0.15, -0.1) is 0 Å². The predicted octanol–water partition coefficient (Wildman–Crippen LogP) is 4.19. The number of benzene rings is 1. The molecule has 0 aliphatic carbocycles. The molecule has 7 nitrogen and oxygen atoms in total. The highest BCUT2D eigenvalue weighted by atomic mass is 16.3. The van der Waals surface area contributed by atoms with E-state index in [2.05, 4.69) is 56.1 Å². The third kappa shape index (κ3) is 3.29. The lowest BCUT2D eigenvalue weighted by molar-refractivity contribution is 0.210. The van der Waals surface area contributed by atoms with Crippen LogP contribution in [0, 0.1) is 11.3 Å². The van der Waals surface area contributed by atoms with E-state index in [9.17, 15) is 0 Å². The van der Waals surface area contributed by atoms with Crippen molar-refractivity contribution in [3.63, 3.8) is 0 Å². The van der Waals surface area contributed by atoms with Crippen molar-refractivity contribution in [1.29, 1.82) is 5.26 Å². The molecule has 0 radical (unpaired) electrons. The van der Waals surface area contributed by atoms with E-state index in [1.165, 1.54) is 0 Å². The van der Waals surface area contributed by atoms with E-state index in [0.29, 0.717) is 12.5 Å². The number of nitriles is 1. The molecule has 0 saturated carbocycles. The number of likely N-dealkylation sites (N-methyl/N-ethyl adjacent to an activating group) is 1. The summed E-state index contributed by atoms with van der Waals surface area (Å²) in [5.74, 6) is 1.79. The summed E-state index contributed by atoms with van der Waals surface area (Å²) in [6.45, 7) is 2.85. The second-order valence-corrected chi connectivity index (χ2v) is 7.90. The number of furan rings is 1. The summed E-state index contributed by atoms with van der Waals surface area (Å²) in [6, 6.07) is 12.8. The maximum atomic E-state index is 8.91. The van der Waals surface area contributed by atoms with Crippen LogP contribution in [0.3, 0.4) is 0 Å². The molecular weight excluding hydrogens is 376 g/mol. The van der Waals surface area contributed by atoms with Crippen molar-refractivity contribution >= 4 is 27.8 Å². The molecule has 152 valence electrons. The largest absolute Gasteiger partial charge is 0.464 e. The molecule has 1 N–H and O–H groups in total. The third-order valence-corrected chi connectivity index (χ3v) is 6.08. The second kappa shape index (κ2) is 7.81. The monoisotopic (exact) mass is 400 g/mol. The molecule has 7 heteroatoms. The molecule has 1 fully saturated rings. The minimum Gasteiger partial charge on any atom is -0.464 e. The Morgan fingerprint density at radius 3 is 3.10 bits per heavy atom. The average Bonchev–Trinajstić information content (AvgIpc) is 3.44. The van der Waals surface area contributed by atoms with Gasteiger partial charge in [0.2, 0.25) is 0 Å². The number of piperidine rings is 1. The highest BCUT2D eigenvalue weighted by molar-refractivity contribution is 6.11. The minimum atomic E-state index is 0.364. The normalized spacial score (nSPS) is 17.4. The Morgan fingerprint density at radius 1 is 1.33 bits per heavy atom. The van der Waals surface area contributed by atoms with Crippen LogP contribution in [0.5, 0.6) is 0 Å². The fourth-order valence-corrected chi connectivity index (χ4v) is 4.51. The fourth-order valence-electron chi connectivity index (χ4n) is 4.51. The molecule has 1 unspecified atom stereocenters. The first-order chi connectivity index (χ1) is 14.7. The molecule has 4 aromatic rings. The molecule has 0 amide bonds. The number of fused-ring (bicyclic) bond motifs is 3. The zero-order valence-corrected chi connectivity index (χ0v) is 17.0. The number of likely N-dealkylation sites (tertiary alicyclic amines) is 1. The van der Waals surface area contributed by atoms with Gasteiger partial charge in [-0.1, -0.05) is 12.1 Å². The molecule has 5 rings (SSSR count). The predicted molar refractivity (Wildman–Crippen MR) is 117 cm³/mol. The van der Waals surface area contributed by atoms with Crippen molar-refractivity contribution in [3.8, 4) is 17.4 Å².